The third-order valence-corrected chi connectivity index (χ3v) is 3.04. The summed E-state index contributed by atoms with van der Waals surface area (Å²) >= 11 is 0. The lowest BCUT2D eigenvalue weighted by Crippen LogP contribution is -2.06. The second-order valence-electron chi connectivity index (χ2n) is 4.42. The summed E-state index contributed by atoms with van der Waals surface area (Å²) in [4.78, 5) is 0. The molecule has 1 heterocycles. The minimum Gasteiger partial charge on any atom is -0.365 e. The van der Waals surface area contributed by atoms with Crippen LogP contribution in [0.1, 0.15) is 31.9 Å². The van der Waals surface area contributed by atoms with Gasteiger partial charge in [-0.15, -0.1) is 12.4 Å². The molecule has 1 unspecified atom stereocenters. The largest absolute Gasteiger partial charge is 0.365 e. The smallest absolute Gasteiger partial charge is 0.148 e. The van der Waals surface area contributed by atoms with Gasteiger partial charge in [-0.05, 0) is 31.0 Å². The molecule has 1 aromatic carbocycles. The van der Waals surface area contributed by atoms with Crippen molar-refractivity contribution >= 4 is 18.2 Å². The first kappa shape index (κ1) is 15.5. The number of nitrogens with one attached hydrogen (secondary N) is 1. The second-order valence-corrected chi connectivity index (χ2v) is 4.42. The average Bonchev–Trinajstić information content (AvgIpc) is 2.86. The maximum absolute atomic E-state index is 12.7. The highest BCUT2D eigenvalue weighted by molar-refractivity contribution is 5.85. The molecule has 0 saturated heterocycles. The Labute approximate surface area is 119 Å². The van der Waals surface area contributed by atoms with E-state index < -0.39 is 0 Å². The van der Waals surface area contributed by atoms with Crippen LogP contribution in [0.15, 0.2) is 36.5 Å². The summed E-state index contributed by atoms with van der Waals surface area (Å²) in [6.45, 7) is 4.92. The number of anilines is 1. The van der Waals surface area contributed by atoms with Gasteiger partial charge in [-0.1, -0.05) is 19.1 Å². The van der Waals surface area contributed by atoms with Gasteiger partial charge in [-0.2, -0.15) is 5.10 Å². The molecule has 2 rings (SSSR count). The molecule has 0 spiro atoms. The molecule has 19 heavy (non-hydrogen) atoms. The van der Waals surface area contributed by atoms with Crippen molar-refractivity contribution in [3.63, 3.8) is 0 Å². The van der Waals surface area contributed by atoms with Gasteiger partial charge in [-0.25, -0.2) is 4.39 Å². The highest BCUT2D eigenvalue weighted by atomic mass is 35.5. The molecule has 104 valence electrons. The normalized spacial score (nSPS) is 11.7. The molecule has 0 aliphatic carbocycles. The lowest BCUT2D eigenvalue weighted by atomic mass is 10.2. The fourth-order valence-corrected chi connectivity index (χ4v) is 1.66. The molecule has 0 fully saturated rings. The van der Waals surface area contributed by atoms with Gasteiger partial charge in [0.1, 0.15) is 11.6 Å². The average molecular weight is 284 g/mol. The molecule has 0 saturated carbocycles. The van der Waals surface area contributed by atoms with E-state index in [0.29, 0.717) is 12.6 Å². The monoisotopic (exact) mass is 283 g/mol. The van der Waals surface area contributed by atoms with Crippen LogP contribution in [0, 0.1) is 5.82 Å². The number of rotatable bonds is 5. The molecule has 1 atom stereocenters. The van der Waals surface area contributed by atoms with E-state index in [4.69, 9.17) is 0 Å². The molecular formula is C14H19ClFN3. The number of benzene rings is 1. The zero-order chi connectivity index (χ0) is 13.0. The summed E-state index contributed by atoms with van der Waals surface area (Å²) in [7, 11) is 0. The molecular weight excluding hydrogens is 265 g/mol. The van der Waals surface area contributed by atoms with E-state index in [1.807, 2.05) is 16.9 Å². The summed E-state index contributed by atoms with van der Waals surface area (Å²) < 4.78 is 14.7. The minimum absolute atomic E-state index is 0. The Balaban J connectivity index is 0.00000180. The number of hydrogen-bond donors (Lipinski definition) is 1. The first-order valence-electron chi connectivity index (χ1n) is 6.22. The number of hydrogen-bond acceptors (Lipinski definition) is 2. The number of halogens is 2. The third-order valence-electron chi connectivity index (χ3n) is 3.04. The van der Waals surface area contributed by atoms with Crippen molar-refractivity contribution in [2.24, 2.45) is 0 Å². The Kier molecular flexibility index (Phi) is 5.83. The van der Waals surface area contributed by atoms with E-state index in [1.54, 1.807) is 12.1 Å². The van der Waals surface area contributed by atoms with Crippen molar-refractivity contribution in [2.45, 2.75) is 32.9 Å². The van der Waals surface area contributed by atoms with E-state index in [-0.39, 0.29) is 18.2 Å². The second kappa shape index (κ2) is 7.14. The van der Waals surface area contributed by atoms with Crippen LogP contribution in [-0.4, -0.2) is 9.78 Å². The van der Waals surface area contributed by atoms with E-state index >= 15 is 0 Å². The van der Waals surface area contributed by atoms with Crippen molar-refractivity contribution in [3.05, 3.63) is 47.9 Å². The maximum Gasteiger partial charge on any atom is 0.148 e. The predicted molar refractivity (Wildman–Crippen MR) is 78.2 cm³/mol. The van der Waals surface area contributed by atoms with Crippen molar-refractivity contribution in [1.82, 2.24) is 9.78 Å². The van der Waals surface area contributed by atoms with Crippen LogP contribution in [0.4, 0.5) is 10.2 Å². The molecule has 0 aliphatic heterocycles. The Morgan fingerprint density at radius 2 is 1.95 bits per heavy atom. The summed E-state index contributed by atoms with van der Waals surface area (Å²) in [5, 5.41) is 7.67. The van der Waals surface area contributed by atoms with Crippen LogP contribution in [0.25, 0.3) is 0 Å². The van der Waals surface area contributed by atoms with Crippen molar-refractivity contribution in [1.29, 1.82) is 0 Å². The molecule has 0 bridgehead atoms. The van der Waals surface area contributed by atoms with Gasteiger partial charge in [-0.3, -0.25) is 4.68 Å². The van der Waals surface area contributed by atoms with Crippen LogP contribution < -0.4 is 5.32 Å². The van der Waals surface area contributed by atoms with Crippen LogP contribution >= 0.6 is 12.4 Å². The Morgan fingerprint density at radius 1 is 1.26 bits per heavy atom. The molecule has 1 aromatic heterocycles. The van der Waals surface area contributed by atoms with Crippen molar-refractivity contribution in [3.8, 4) is 0 Å². The fourth-order valence-electron chi connectivity index (χ4n) is 1.66. The molecule has 3 nitrogen and oxygen atoms in total. The summed E-state index contributed by atoms with van der Waals surface area (Å²) in [5.41, 5.74) is 1.04. The highest BCUT2D eigenvalue weighted by Gasteiger charge is 2.04. The number of nitrogens with zero attached hydrogens (tertiary/aromatic N) is 2. The Bertz CT molecular complexity index is 496. The predicted octanol–water partition coefficient (Wildman–Crippen LogP) is 4.03. The molecule has 5 heteroatoms. The van der Waals surface area contributed by atoms with Crippen molar-refractivity contribution < 1.29 is 4.39 Å². The lowest BCUT2D eigenvalue weighted by Gasteiger charge is -2.08. The lowest BCUT2D eigenvalue weighted by molar-refractivity contribution is 0.479. The summed E-state index contributed by atoms with van der Waals surface area (Å²) in [6, 6.07) is 8.84. The van der Waals surface area contributed by atoms with Crippen LogP contribution in [0.2, 0.25) is 0 Å². The van der Waals surface area contributed by atoms with E-state index in [9.17, 15) is 4.39 Å². The molecule has 0 amide bonds. The van der Waals surface area contributed by atoms with Crippen molar-refractivity contribution in [2.75, 3.05) is 5.32 Å². The van der Waals surface area contributed by atoms with Crippen LogP contribution in [0.3, 0.4) is 0 Å². The van der Waals surface area contributed by atoms with Gasteiger partial charge in [0.25, 0.3) is 0 Å². The quantitative estimate of drug-likeness (QED) is 0.898. The van der Waals surface area contributed by atoms with E-state index in [0.717, 1.165) is 17.8 Å². The van der Waals surface area contributed by atoms with Gasteiger partial charge in [0, 0.05) is 24.8 Å². The molecule has 0 radical (unpaired) electrons. The number of aromatic nitrogens is 2. The van der Waals surface area contributed by atoms with Gasteiger partial charge in [0.15, 0.2) is 0 Å². The first-order chi connectivity index (χ1) is 8.69. The minimum atomic E-state index is -0.209. The topological polar surface area (TPSA) is 29.9 Å². The summed E-state index contributed by atoms with van der Waals surface area (Å²) in [6.07, 6.45) is 3.03. The highest BCUT2D eigenvalue weighted by Crippen LogP contribution is 2.12. The zero-order valence-corrected chi connectivity index (χ0v) is 12.0. The summed E-state index contributed by atoms with van der Waals surface area (Å²) in [5.74, 6) is 0.638. The van der Waals surface area contributed by atoms with Gasteiger partial charge in [0.2, 0.25) is 0 Å². The Morgan fingerprint density at radius 3 is 2.58 bits per heavy atom. The molecule has 0 aliphatic rings. The maximum atomic E-state index is 12.7. The zero-order valence-electron chi connectivity index (χ0n) is 11.1. The SMILES string of the molecule is CCC(C)n1ccc(NCc2ccc(F)cc2)n1.Cl. The van der Waals surface area contributed by atoms with Gasteiger partial charge >= 0.3 is 0 Å². The molecule has 2 aromatic rings. The standard InChI is InChI=1S/C14H18FN3.ClH/c1-3-11(2)18-9-8-14(17-18)16-10-12-4-6-13(15)7-5-12;/h4-9,11H,3,10H2,1-2H3,(H,16,17);1H. The van der Waals surface area contributed by atoms with E-state index in [2.05, 4.69) is 24.3 Å². The third kappa shape index (κ3) is 4.24. The van der Waals surface area contributed by atoms with Crippen LogP contribution in [-0.2, 0) is 6.54 Å². The van der Waals surface area contributed by atoms with Crippen LogP contribution in [0.5, 0.6) is 0 Å². The fraction of sp³-hybridized carbons (Fsp3) is 0.357. The first-order valence-corrected chi connectivity index (χ1v) is 6.22. The van der Waals surface area contributed by atoms with Gasteiger partial charge < -0.3 is 5.32 Å². The van der Waals surface area contributed by atoms with E-state index in [1.165, 1.54) is 12.1 Å². The Hall–Kier alpha value is -1.55. The molecule has 1 N–H and O–H groups in total. The van der Waals surface area contributed by atoms with Gasteiger partial charge in [0.05, 0.1) is 0 Å².